The average Bonchev–Trinajstić information content (AvgIpc) is 2.77. The Bertz CT molecular complexity index is 414. The van der Waals surface area contributed by atoms with Crippen LogP contribution in [0.15, 0.2) is 0 Å². The van der Waals surface area contributed by atoms with Crippen LogP contribution < -0.4 is 16.0 Å². The van der Waals surface area contributed by atoms with Crippen LogP contribution >= 0.6 is 0 Å². The van der Waals surface area contributed by atoms with E-state index in [4.69, 9.17) is 5.11 Å². The number of carboxylic acids is 1. The smallest absolute Gasteiger partial charge is 0.322 e. The highest BCUT2D eigenvalue weighted by Crippen LogP contribution is 2.41. The van der Waals surface area contributed by atoms with E-state index in [1.54, 1.807) is 7.05 Å². The van der Waals surface area contributed by atoms with Gasteiger partial charge in [-0.2, -0.15) is 0 Å². The van der Waals surface area contributed by atoms with Crippen LogP contribution in [0.3, 0.4) is 0 Å². The van der Waals surface area contributed by atoms with Gasteiger partial charge >= 0.3 is 12.0 Å². The Morgan fingerprint density at radius 2 is 1.71 bits per heavy atom. The quantitative estimate of drug-likeness (QED) is 0.518. The lowest BCUT2D eigenvalue weighted by atomic mass is 9.84. The predicted molar refractivity (Wildman–Crippen MR) is 95.9 cm³/mol. The molecule has 1 aliphatic rings. The summed E-state index contributed by atoms with van der Waals surface area (Å²) in [6.07, 6.45) is 4.79. The van der Waals surface area contributed by atoms with E-state index in [0.29, 0.717) is 11.8 Å². The molecule has 5 atom stereocenters. The molecule has 1 aliphatic carbocycles. The third-order valence-electron chi connectivity index (χ3n) is 5.00. The number of rotatable bonds is 9. The highest BCUT2D eigenvalue weighted by molar-refractivity contribution is 5.77. The first-order valence-electron chi connectivity index (χ1n) is 9.17. The molecular formula is C18H35N3O3. The summed E-state index contributed by atoms with van der Waals surface area (Å²) in [5, 5.41) is 17.2. The summed E-state index contributed by atoms with van der Waals surface area (Å²) in [6.45, 7) is 8.97. The van der Waals surface area contributed by atoms with Crippen molar-refractivity contribution in [1.82, 2.24) is 16.0 Å². The van der Waals surface area contributed by atoms with Crippen LogP contribution in [0.4, 0.5) is 4.79 Å². The third-order valence-corrected chi connectivity index (χ3v) is 5.00. The third kappa shape index (κ3) is 7.07. The van der Waals surface area contributed by atoms with Crippen LogP contribution in [0.2, 0.25) is 0 Å². The lowest BCUT2D eigenvalue weighted by Gasteiger charge is -2.25. The average molecular weight is 341 g/mol. The molecule has 0 aliphatic heterocycles. The fraction of sp³-hybridized carbons (Fsp3) is 0.889. The number of amides is 2. The standard InChI is InChI=1S/C18H35N3O3/c1-11(2)6-14-7-12(3)8-15(14)9-13(4)21-18(24)20-10-16(19-5)17(22)23/h11-16,19H,6-10H2,1-5H3,(H,22,23)(H2,20,21,24). The Kier molecular flexibility index (Phi) is 8.53. The van der Waals surface area contributed by atoms with Crippen molar-refractivity contribution in [3.63, 3.8) is 0 Å². The molecule has 0 aromatic rings. The Balaban J connectivity index is 2.40. The predicted octanol–water partition coefficient (Wildman–Crippen LogP) is 2.45. The maximum absolute atomic E-state index is 12.0. The summed E-state index contributed by atoms with van der Waals surface area (Å²) >= 11 is 0. The number of carboxylic acid groups (broad SMARTS) is 1. The number of hydrogen-bond donors (Lipinski definition) is 4. The van der Waals surface area contributed by atoms with E-state index in [1.807, 2.05) is 6.92 Å². The number of aliphatic carboxylic acids is 1. The molecule has 24 heavy (non-hydrogen) atoms. The topological polar surface area (TPSA) is 90.5 Å². The van der Waals surface area contributed by atoms with Gasteiger partial charge in [-0.25, -0.2) is 4.79 Å². The second-order valence-electron chi connectivity index (χ2n) is 7.90. The normalized spacial score (nSPS) is 26.2. The lowest BCUT2D eigenvalue weighted by Crippen LogP contribution is -2.49. The van der Waals surface area contributed by atoms with Gasteiger partial charge in [0.1, 0.15) is 6.04 Å². The number of nitrogens with one attached hydrogen (secondary N) is 3. The van der Waals surface area contributed by atoms with Crippen LogP contribution in [0, 0.1) is 23.7 Å². The molecular weight excluding hydrogens is 306 g/mol. The van der Waals surface area contributed by atoms with Crippen LogP contribution in [0.25, 0.3) is 0 Å². The van der Waals surface area contributed by atoms with Crippen molar-refractivity contribution in [3.05, 3.63) is 0 Å². The Morgan fingerprint density at radius 3 is 2.21 bits per heavy atom. The molecule has 0 aromatic heterocycles. The molecule has 0 heterocycles. The van der Waals surface area contributed by atoms with E-state index in [1.165, 1.54) is 19.3 Å². The molecule has 0 aromatic carbocycles. The number of hydrogen-bond acceptors (Lipinski definition) is 3. The SMILES string of the molecule is CNC(CNC(=O)NC(C)CC1CC(C)CC1CC(C)C)C(=O)O. The van der Waals surface area contributed by atoms with Crippen molar-refractivity contribution in [1.29, 1.82) is 0 Å². The van der Waals surface area contributed by atoms with Gasteiger partial charge in [0.05, 0.1) is 0 Å². The molecule has 1 saturated carbocycles. The summed E-state index contributed by atoms with van der Waals surface area (Å²) in [5.41, 5.74) is 0. The van der Waals surface area contributed by atoms with E-state index in [2.05, 4.69) is 36.7 Å². The van der Waals surface area contributed by atoms with Crippen molar-refractivity contribution >= 4 is 12.0 Å². The van der Waals surface area contributed by atoms with Gasteiger partial charge < -0.3 is 21.1 Å². The van der Waals surface area contributed by atoms with E-state index in [9.17, 15) is 9.59 Å². The fourth-order valence-electron chi connectivity index (χ4n) is 3.99. The molecule has 0 saturated heterocycles. The van der Waals surface area contributed by atoms with Crippen molar-refractivity contribution < 1.29 is 14.7 Å². The van der Waals surface area contributed by atoms with E-state index < -0.39 is 12.0 Å². The van der Waals surface area contributed by atoms with Gasteiger partial charge in [0.2, 0.25) is 0 Å². The van der Waals surface area contributed by atoms with Gasteiger partial charge in [-0.15, -0.1) is 0 Å². The summed E-state index contributed by atoms with van der Waals surface area (Å²) in [6, 6.07) is -0.972. The van der Waals surface area contributed by atoms with Crippen LogP contribution in [0.5, 0.6) is 0 Å². The van der Waals surface area contributed by atoms with Crippen LogP contribution in [-0.2, 0) is 4.79 Å². The molecule has 4 N–H and O–H groups in total. The van der Waals surface area contributed by atoms with Crippen molar-refractivity contribution in [2.24, 2.45) is 23.7 Å². The zero-order valence-electron chi connectivity index (χ0n) is 15.8. The van der Waals surface area contributed by atoms with Crippen LogP contribution in [0.1, 0.15) is 53.4 Å². The summed E-state index contributed by atoms with van der Waals surface area (Å²) in [5.74, 6) is 1.94. The minimum atomic E-state index is -0.970. The Morgan fingerprint density at radius 1 is 1.12 bits per heavy atom. The summed E-state index contributed by atoms with van der Waals surface area (Å²) < 4.78 is 0. The number of carbonyl (C=O) groups excluding carboxylic acids is 1. The molecule has 5 unspecified atom stereocenters. The van der Waals surface area contributed by atoms with Crippen molar-refractivity contribution in [2.45, 2.75) is 65.5 Å². The fourth-order valence-corrected chi connectivity index (χ4v) is 3.99. The highest BCUT2D eigenvalue weighted by Gasteiger charge is 2.33. The maximum atomic E-state index is 12.0. The molecule has 140 valence electrons. The van der Waals surface area contributed by atoms with Gasteiger partial charge in [0.15, 0.2) is 0 Å². The Hall–Kier alpha value is -1.30. The van der Waals surface area contributed by atoms with E-state index in [0.717, 1.165) is 18.3 Å². The van der Waals surface area contributed by atoms with Crippen LogP contribution in [-0.4, -0.2) is 42.8 Å². The van der Waals surface area contributed by atoms with E-state index >= 15 is 0 Å². The molecule has 6 nitrogen and oxygen atoms in total. The number of likely N-dealkylation sites (N-methyl/N-ethyl adjacent to an activating group) is 1. The molecule has 0 bridgehead atoms. The largest absolute Gasteiger partial charge is 0.480 e. The number of carbonyl (C=O) groups is 2. The minimum absolute atomic E-state index is 0.0703. The Labute approximate surface area is 146 Å². The molecule has 2 amide bonds. The maximum Gasteiger partial charge on any atom is 0.322 e. The minimum Gasteiger partial charge on any atom is -0.480 e. The first-order chi connectivity index (χ1) is 11.2. The summed E-state index contributed by atoms with van der Waals surface area (Å²) in [7, 11) is 1.57. The van der Waals surface area contributed by atoms with Gasteiger partial charge in [-0.05, 0) is 63.3 Å². The monoisotopic (exact) mass is 341 g/mol. The van der Waals surface area contributed by atoms with Gasteiger partial charge in [-0.1, -0.05) is 20.8 Å². The van der Waals surface area contributed by atoms with Gasteiger partial charge in [-0.3, -0.25) is 4.79 Å². The highest BCUT2D eigenvalue weighted by atomic mass is 16.4. The zero-order valence-corrected chi connectivity index (χ0v) is 15.8. The van der Waals surface area contributed by atoms with Gasteiger partial charge in [0, 0.05) is 12.6 Å². The second kappa shape index (κ2) is 9.87. The second-order valence-corrected chi connectivity index (χ2v) is 7.90. The van der Waals surface area contributed by atoms with Crippen molar-refractivity contribution in [3.8, 4) is 0 Å². The van der Waals surface area contributed by atoms with Crippen molar-refractivity contribution in [2.75, 3.05) is 13.6 Å². The van der Waals surface area contributed by atoms with E-state index in [-0.39, 0.29) is 18.6 Å². The molecule has 6 heteroatoms. The first-order valence-corrected chi connectivity index (χ1v) is 9.17. The molecule has 1 rings (SSSR count). The molecule has 0 spiro atoms. The zero-order chi connectivity index (χ0) is 18.3. The first kappa shape index (κ1) is 20.7. The molecule has 0 radical (unpaired) electrons. The lowest BCUT2D eigenvalue weighted by molar-refractivity contribution is -0.139. The summed E-state index contributed by atoms with van der Waals surface area (Å²) in [4.78, 5) is 22.9. The number of urea groups is 1. The van der Waals surface area contributed by atoms with Gasteiger partial charge in [0.25, 0.3) is 0 Å². The molecule has 1 fully saturated rings.